The molecule has 0 radical (unpaired) electrons. The van der Waals surface area contributed by atoms with E-state index in [1.807, 2.05) is 12.1 Å². The summed E-state index contributed by atoms with van der Waals surface area (Å²) in [5.74, 6) is 1.04. The van der Waals surface area contributed by atoms with E-state index in [4.69, 9.17) is 4.74 Å². The topological polar surface area (TPSA) is 61.2 Å². The first-order chi connectivity index (χ1) is 12.7. The number of rotatable bonds is 5. The number of benzene rings is 2. The van der Waals surface area contributed by atoms with Crippen molar-refractivity contribution in [1.29, 1.82) is 0 Å². The van der Waals surface area contributed by atoms with Crippen LogP contribution in [0.25, 0.3) is 0 Å². The molecule has 6 nitrogen and oxygen atoms in total. The van der Waals surface area contributed by atoms with Gasteiger partial charge >= 0.3 is 0 Å². The summed E-state index contributed by atoms with van der Waals surface area (Å²) in [5, 5.41) is 11.2. The molecule has 4 rings (SSSR count). The largest absolute Gasteiger partial charge is 0.493 e. The van der Waals surface area contributed by atoms with Crippen molar-refractivity contribution in [2.75, 3.05) is 32.8 Å². The second kappa shape index (κ2) is 7.43. The van der Waals surface area contributed by atoms with E-state index < -0.39 is 0 Å². The van der Waals surface area contributed by atoms with Crippen molar-refractivity contribution in [3.05, 3.63) is 69.3 Å². The van der Waals surface area contributed by atoms with Crippen molar-refractivity contribution in [1.82, 2.24) is 0 Å². The summed E-state index contributed by atoms with van der Waals surface area (Å²) in [6, 6.07) is 13.7. The number of quaternary nitrogens is 2. The minimum atomic E-state index is -0.270. The monoisotopic (exact) mass is 355 g/mol. The number of fused-ring (bicyclic) bond motifs is 1. The lowest BCUT2D eigenvalue weighted by Crippen LogP contribution is -3.27. The van der Waals surface area contributed by atoms with Crippen molar-refractivity contribution in [2.24, 2.45) is 0 Å². The summed E-state index contributed by atoms with van der Waals surface area (Å²) in [5.41, 5.74) is 3.80. The van der Waals surface area contributed by atoms with Gasteiger partial charge in [-0.3, -0.25) is 10.1 Å². The quantitative estimate of drug-likeness (QED) is 0.587. The van der Waals surface area contributed by atoms with E-state index in [0.29, 0.717) is 0 Å². The van der Waals surface area contributed by atoms with Gasteiger partial charge in [0.15, 0.2) is 0 Å². The van der Waals surface area contributed by atoms with Gasteiger partial charge in [-0.25, -0.2) is 0 Å². The van der Waals surface area contributed by atoms with Gasteiger partial charge < -0.3 is 14.5 Å². The molecule has 0 spiro atoms. The first kappa shape index (κ1) is 17.0. The van der Waals surface area contributed by atoms with E-state index in [-0.39, 0.29) is 10.6 Å². The summed E-state index contributed by atoms with van der Waals surface area (Å²) >= 11 is 0. The molecule has 1 saturated heterocycles. The van der Waals surface area contributed by atoms with E-state index >= 15 is 0 Å². The van der Waals surface area contributed by atoms with Crippen molar-refractivity contribution in [3.8, 4) is 5.75 Å². The molecule has 6 heteroatoms. The number of hydrogen-bond acceptors (Lipinski definition) is 3. The second-order valence-electron chi connectivity index (χ2n) is 7.28. The second-order valence-corrected chi connectivity index (χ2v) is 7.28. The molecule has 0 atom stereocenters. The van der Waals surface area contributed by atoms with Crippen LogP contribution in [0.15, 0.2) is 42.5 Å². The maximum absolute atomic E-state index is 11.2. The smallest absolute Gasteiger partial charge is 0.278 e. The molecule has 2 aromatic rings. The molecule has 136 valence electrons. The maximum Gasteiger partial charge on any atom is 0.278 e. The summed E-state index contributed by atoms with van der Waals surface area (Å²) in [6.45, 7) is 6.89. The zero-order chi connectivity index (χ0) is 17.9. The Kier molecular flexibility index (Phi) is 4.86. The molecule has 0 aliphatic carbocycles. The first-order valence-corrected chi connectivity index (χ1v) is 9.33. The van der Waals surface area contributed by atoms with Crippen LogP contribution < -0.4 is 14.5 Å². The molecule has 0 bridgehead atoms. The Balaban J connectivity index is 1.32. The molecule has 2 aliphatic heterocycles. The lowest BCUT2D eigenvalue weighted by Gasteiger charge is -2.29. The Morgan fingerprint density at radius 3 is 2.50 bits per heavy atom. The van der Waals surface area contributed by atoms with Crippen LogP contribution in [0.5, 0.6) is 5.75 Å². The van der Waals surface area contributed by atoms with Crippen molar-refractivity contribution in [3.63, 3.8) is 0 Å². The number of nitrogens with zero attached hydrogens (tertiary/aromatic N) is 1. The number of nitro groups is 1. The van der Waals surface area contributed by atoms with Crippen LogP contribution in [0.3, 0.4) is 0 Å². The lowest BCUT2D eigenvalue weighted by molar-refractivity contribution is -1.02. The van der Waals surface area contributed by atoms with E-state index in [0.717, 1.165) is 63.6 Å². The third kappa shape index (κ3) is 3.71. The first-order valence-electron chi connectivity index (χ1n) is 9.33. The molecular weight excluding hydrogens is 330 g/mol. The van der Waals surface area contributed by atoms with Crippen LogP contribution in [0.2, 0.25) is 0 Å². The summed E-state index contributed by atoms with van der Waals surface area (Å²) in [7, 11) is 0. The van der Waals surface area contributed by atoms with Gasteiger partial charge in [-0.05, 0) is 29.8 Å². The van der Waals surface area contributed by atoms with E-state index in [2.05, 4.69) is 18.2 Å². The Hall–Kier alpha value is -2.44. The minimum Gasteiger partial charge on any atom is -0.493 e. The van der Waals surface area contributed by atoms with Crippen molar-refractivity contribution < 1.29 is 19.5 Å². The fourth-order valence-corrected chi connectivity index (χ4v) is 4.06. The van der Waals surface area contributed by atoms with Crippen LogP contribution in [-0.4, -0.2) is 37.7 Å². The van der Waals surface area contributed by atoms with Crippen LogP contribution in [0.4, 0.5) is 5.69 Å². The maximum atomic E-state index is 11.2. The van der Waals surface area contributed by atoms with Crippen molar-refractivity contribution >= 4 is 5.69 Å². The summed E-state index contributed by atoms with van der Waals surface area (Å²) < 4.78 is 5.58. The van der Waals surface area contributed by atoms with Gasteiger partial charge in [0, 0.05) is 18.1 Å². The van der Waals surface area contributed by atoms with Crippen LogP contribution >= 0.6 is 0 Å². The molecule has 2 N–H and O–H groups in total. The van der Waals surface area contributed by atoms with Gasteiger partial charge in [0.2, 0.25) is 0 Å². The Labute approximate surface area is 153 Å². The van der Waals surface area contributed by atoms with Crippen LogP contribution in [-0.2, 0) is 19.5 Å². The predicted molar refractivity (Wildman–Crippen MR) is 97.5 cm³/mol. The highest BCUT2D eigenvalue weighted by Gasteiger charge is 2.26. The lowest BCUT2D eigenvalue weighted by atomic mass is 10.1. The molecule has 2 aromatic carbocycles. The fraction of sp³-hybridized carbons (Fsp3) is 0.400. The van der Waals surface area contributed by atoms with E-state index in [1.54, 1.807) is 17.0 Å². The Morgan fingerprint density at radius 2 is 1.73 bits per heavy atom. The molecular formula is C20H25N3O3+2. The third-order valence-corrected chi connectivity index (χ3v) is 5.50. The van der Waals surface area contributed by atoms with E-state index in [9.17, 15) is 10.1 Å². The number of nitro benzene ring substituents is 1. The summed E-state index contributed by atoms with van der Waals surface area (Å²) in [4.78, 5) is 13.9. The minimum absolute atomic E-state index is 0.245. The average molecular weight is 355 g/mol. The highest BCUT2D eigenvalue weighted by Crippen LogP contribution is 2.25. The molecule has 0 saturated carbocycles. The standard InChI is InChI=1S/C20H23N3O3/c24-23(25)19-4-2-1-3-18(19)15-22-10-8-21(9-11-22)14-16-5-6-20-17(13-16)7-12-26-20/h1-6,13H,7-12,14-15H2/p+2. The Bertz CT molecular complexity index is 801. The normalized spacial score (nSPS) is 21.8. The molecule has 0 amide bonds. The molecule has 2 aliphatic rings. The molecule has 0 aromatic heterocycles. The van der Waals surface area contributed by atoms with E-state index in [1.165, 1.54) is 16.0 Å². The summed E-state index contributed by atoms with van der Waals surface area (Å²) in [6.07, 6.45) is 1.02. The number of hydrogen-bond donors (Lipinski definition) is 2. The van der Waals surface area contributed by atoms with Gasteiger partial charge in [0.05, 0.1) is 17.1 Å². The van der Waals surface area contributed by atoms with Crippen LogP contribution in [0.1, 0.15) is 16.7 Å². The molecule has 1 fully saturated rings. The highest BCUT2D eigenvalue weighted by atomic mass is 16.6. The van der Waals surface area contributed by atoms with Gasteiger partial charge in [-0.1, -0.05) is 12.1 Å². The van der Waals surface area contributed by atoms with Gasteiger partial charge in [0.25, 0.3) is 5.69 Å². The van der Waals surface area contributed by atoms with Crippen molar-refractivity contribution in [2.45, 2.75) is 19.5 Å². The SMILES string of the molecule is O=[N+]([O-])c1ccccc1C[NH+]1CC[NH+](Cc2ccc3c(c2)CCO3)CC1. The average Bonchev–Trinajstić information content (AvgIpc) is 3.11. The molecule has 2 heterocycles. The predicted octanol–water partition coefficient (Wildman–Crippen LogP) is 0.0133. The highest BCUT2D eigenvalue weighted by molar-refractivity contribution is 5.40. The number of ether oxygens (including phenoxy) is 1. The Morgan fingerprint density at radius 1 is 1.00 bits per heavy atom. The number of nitrogens with one attached hydrogen (secondary N) is 2. The number of para-hydroxylation sites is 1. The van der Waals surface area contributed by atoms with Gasteiger partial charge in [0.1, 0.15) is 45.0 Å². The zero-order valence-corrected chi connectivity index (χ0v) is 14.9. The molecule has 26 heavy (non-hydrogen) atoms. The zero-order valence-electron chi connectivity index (χ0n) is 14.9. The number of piperazine rings is 1. The van der Waals surface area contributed by atoms with Crippen LogP contribution in [0, 0.1) is 10.1 Å². The third-order valence-electron chi connectivity index (χ3n) is 5.50. The molecule has 0 unspecified atom stereocenters. The fourth-order valence-electron chi connectivity index (χ4n) is 4.06. The van der Waals surface area contributed by atoms with Gasteiger partial charge in [-0.2, -0.15) is 0 Å². The van der Waals surface area contributed by atoms with Gasteiger partial charge in [-0.15, -0.1) is 0 Å².